The van der Waals surface area contributed by atoms with Crippen LogP contribution in [0.2, 0.25) is 0 Å². The number of ether oxygens (including phenoxy) is 1. The van der Waals surface area contributed by atoms with Gasteiger partial charge in [0.15, 0.2) is 6.10 Å². The molecule has 0 spiro atoms. The van der Waals surface area contributed by atoms with Gasteiger partial charge in [-0.05, 0) is 48.6 Å². The normalized spacial score (nSPS) is 12.0. The van der Waals surface area contributed by atoms with Gasteiger partial charge in [0.05, 0.1) is 0 Å². The van der Waals surface area contributed by atoms with Crippen molar-refractivity contribution in [2.24, 2.45) is 0 Å². The highest BCUT2D eigenvalue weighted by Crippen LogP contribution is 2.22. The van der Waals surface area contributed by atoms with Crippen LogP contribution in [0.3, 0.4) is 0 Å². The smallest absolute Gasteiger partial charge is 0.326 e. The number of esters is 1. The Kier molecular flexibility index (Phi) is 7.15. The monoisotopic (exact) mass is 396 g/mol. The van der Waals surface area contributed by atoms with Gasteiger partial charge in [-0.2, -0.15) is 0 Å². The van der Waals surface area contributed by atoms with Crippen LogP contribution in [0.15, 0.2) is 48.5 Å². The van der Waals surface area contributed by atoms with Crippen molar-refractivity contribution in [1.29, 1.82) is 0 Å². The Balaban J connectivity index is 1.83. The van der Waals surface area contributed by atoms with E-state index in [1.807, 2.05) is 37.3 Å². The highest BCUT2D eigenvalue weighted by molar-refractivity contribution is 5.97. The number of aryl methyl sites for hydroxylation is 1. The lowest BCUT2D eigenvalue weighted by Gasteiger charge is -2.19. The second kappa shape index (κ2) is 9.37. The first-order chi connectivity index (χ1) is 13.6. The van der Waals surface area contributed by atoms with Crippen molar-refractivity contribution in [3.63, 3.8) is 0 Å². The second-order valence-electron chi connectivity index (χ2n) is 7.95. The molecule has 2 aromatic carbocycles. The van der Waals surface area contributed by atoms with Crippen molar-refractivity contribution in [3.8, 4) is 0 Å². The minimum absolute atomic E-state index is 0.00614. The number of amides is 2. The third-order valence-electron chi connectivity index (χ3n) is 4.49. The SMILES string of the molecule is Cc1ccccc1NC(=O)[C@@H](C)OC(=O)CNC(=O)c1ccc(C(C)(C)C)cc1. The van der Waals surface area contributed by atoms with Crippen LogP contribution >= 0.6 is 0 Å². The van der Waals surface area contributed by atoms with Gasteiger partial charge in [-0.15, -0.1) is 0 Å². The average molecular weight is 396 g/mol. The molecule has 0 bridgehead atoms. The predicted octanol–water partition coefficient (Wildman–Crippen LogP) is 3.59. The van der Waals surface area contributed by atoms with E-state index in [1.165, 1.54) is 6.92 Å². The molecule has 0 aliphatic carbocycles. The molecule has 2 N–H and O–H groups in total. The van der Waals surface area contributed by atoms with E-state index in [0.29, 0.717) is 11.3 Å². The van der Waals surface area contributed by atoms with Crippen molar-refractivity contribution >= 4 is 23.5 Å². The third kappa shape index (κ3) is 6.45. The van der Waals surface area contributed by atoms with Gasteiger partial charge < -0.3 is 15.4 Å². The summed E-state index contributed by atoms with van der Waals surface area (Å²) in [6.07, 6.45) is -0.981. The van der Waals surface area contributed by atoms with Gasteiger partial charge >= 0.3 is 5.97 Å². The van der Waals surface area contributed by atoms with Crippen LogP contribution < -0.4 is 10.6 Å². The number of benzene rings is 2. The zero-order valence-corrected chi connectivity index (χ0v) is 17.5. The highest BCUT2D eigenvalue weighted by atomic mass is 16.5. The zero-order chi connectivity index (χ0) is 21.6. The molecule has 6 heteroatoms. The maximum absolute atomic E-state index is 12.2. The minimum Gasteiger partial charge on any atom is -0.451 e. The van der Waals surface area contributed by atoms with E-state index in [-0.39, 0.29) is 17.9 Å². The van der Waals surface area contributed by atoms with Crippen molar-refractivity contribution in [3.05, 3.63) is 65.2 Å². The van der Waals surface area contributed by atoms with Gasteiger partial charge in [0.2, 0.25) is 0 Å². The Morgan fingerprint density at radius 1 is 1.00 bits per heavy atom. The van der Waals surface area contributed by atoms with Gasteiger partial charge in [-0.3, -0.25) is 14.4 Å². The maximum Gasteiger partial charge on any atom is 0.326 e. The fourth-order valence-electron chi connectivity index (χ4n) is 2.62. The maximum atomic E-state index is 12.2. The molecule has 2 aromatic rings. The Morgan fingerprint density at radius 2 is 1.62 bits per heavy atom. The highest BCUT2D eigenvalue weighted by Gasteiger charge is 2.19. The molecule has 0 aliphatic heterocycles. The molecule has 0 saturated heterocycles. The number of hydrogen-bond acceptors (Lipinski definition) is 4. The average Bonchev–Trinajstić information content (AvgIpc) is 2.67. The van der Waals surface area contributed by atoms with Gasteiger partial charge in [-0.25, -0.2) is 0 Å². The summed E-state index contributed by atoms with van der Waals surface area (Å²) in [5, 5.41) is 5.23. The molecule has 0 heterocycles. The van der Waals surface area contributed by atoms with Crippen LogP contribution in [0.5, 0.6) is 0 Å². The summed E-state index contributed by atoms with van der Waals surface area (Å²) in [7, 11) is 0. The molecule has 0 aromatic heterocycles. The zero-order valence-electron chi connectivity index (χ0n) is 17.5. The number of para-hydroxylation sites is 1. The van der Waals surface area contributed by atoms with Crippen LogP contribution in [-0.4, -0.2) is 30.4 Å². The Bertz CT molecular complexity index is 882. The molecule has 6 nitrogen and oxygen atoms in total. The second-order valence-corrected chi connectivity index (χ2v) is 7.95. The number of hydrogen-bond donors (Lipinski definition) is 2. The van der Waals surface area contributed by atoms with E-state index in [0.717, 1.165) is 11.1 Å². The Morgan fingerprint density at radius 3 is 2.21 bits per heavy atom. The summed E-state index contributed by atoms with van der Waals surface area (Å²) in [5.41, 5.74) is 3.13. The molecule has 2 rings (SSSR count). The lowest BCUT2D eigenvalue weighted by molar-refractivity contribution is -0.152. The molecule has 0 radical (unpaired) electrons. The molecule has 0 saturated carbocycles. The summed E-state index contributed by atoms with van der Waals surface area (Å²) in [6, 6.07) is 14.6. The molecule has 2 amide bonds. The largest absolute Gasteiger partial charge is 0.451 e. The molecule has 0 fully saturated rings. The molecule has 154 valence electrons. The summed E-state index contributed by atoms with van der Waals surface area (Å²) < 4.78 is 5.11. The van der Waals surface area contributed by atoms with E-state index >= 15 is 0 Å². The van der Waals surface area contributed by atoms with Crippen LogP contribution in [0.4, 0.5) is 5.69 Å². The van der Waals surface area contributed by atoms with Gasteiger partial charge in [0.25, 0.3) is 11.8 Å². The molecule has 29 heavy (non-hydrogen) atoms. The lowest BCUT2D eigenvalue weighted by atomic mass is 9.87. The Labute approximate surface area is 171 Å². The van der Waals surface area contributed by atoms with Crippen molar-refractivity contribution in [2.75, 3.05) is 11.9 Å². The van der Waals surface area contributed by atoms with Crippen molar-refractivity contribution < 1.29 is 19.1 Å². The number of anilines is 1. The molecule has 1 atom stereocenters. The fourth-order valence-corrected chi connectivity index (χ4v) is 2.62. The van der Waals surface area contributed by atoms with E-state index < -0.39 is 18.0 Å². The van der Waals surface area contributed by atoms with Crippen LogP contribution in [0.1, 0.15) is 49.2 Å². The van der Waals surface area contributed by atoms with Gasteiger partial charge in [0.1, 0.15) is 6.54 Å². The molecule has 0 aliphatic rings. The van der Waals surface area contributed by atoms with Crippen LogP contribution in [-0.2, 0) is 19.7 Å². The van der Waals surface area contributed by atoms with Gasteiger partial charge in [0, 0.05) is 11.3 Å². The van der Waals surface area contributed by atoms with Gasteiger partial charge in [-0.1, -0.05) is 51.1 Å². The van der Waals surface area contributed by atoms with E-state index in [1.54, 1.807) is 18.2 Å². The van der Waals surface area contributed by atoms with Crippen molar-refractivity contribution in [2.45, 2.75) is 46.1 Å². The van der Waals surface area contributed by atoms with E-state index in [2.05, 4.69) is 31.4 Å². The summed E-state index contributed by atoms with van der Waals surface area (Å²) in [5.74, 6) is -1.49. The summed E-state index contributed by atoms with van der Waals surface area (Å²) >= 11 is 0. The first-order valence-corrected chi connectivity index (χ1v) is 9.52. The number of carbonyl (C=O) groups excluding carboxylic acids is 3. The van der Waals surface area contributed by atoms with E-state index in [4.69, 9.17) is 4.74 Å². The third-order valence-corrected chi connectivity index (χ3v) is 4.49. The van der Waals surface area contributed by atoms with Crippen LogP contribution in [0.25, 0.3) is 0 Å². The predicted molar refractivity (Wildman–Crippen MR) is 113 cm³/mol. The quantitative estimate of drug-likeness (QED) is 0.731. The first-order valence-electron chi connectivity index (χ1n) is 9.52. The minimum atomic E-state index is -0.981. The fraction of sp³-hybridized carbons (Fsp3) is 0.348. The van der Waals surface area contributed by atoms with Crippen LogP contribution in [0, 0.1) is 6.92 Å². The number of nitrogens with one attached hydrogen (secondary N) is 2. The first kappa shape index (κ1) is 22.1. The van der Waals surface area contributed by atoms with E-state index in [9.17, 15) is 14.4 Å². The number of carbonyl (C=O) groups is 3. The molecular formula is C23H28N2O4. The molecule has 0 unspecified atom stereocenters. The summed E-state index contributed by atoms with van der Waals surface area (Å²) in [4.78, 5) is 36.4. The standard InChI is InChI=1S/C23H28N2O4/c1-15-8-6-7-9-19(15)25-21(27)16(2)29-20(26)14-24-22(28)17-10-12-18(13-11-17)23(3,4)5/h6-13,16H,14H2,1-5H3,(H,24,28)(H,25,27)/t16-/m1/s1. The Hall–Kier alpha value is -3.15. The molecular weight excluding hydrogens is 368 g/mol. The number of rotatable bonds is 6. The lowest BCUT2D eigenvalue weighted by Crippen LogP contribution is -2.36. The summed E-state index contributed by atoms with van der Waals surface area (Å²) in [6.45, 7) is 9.31. The topological polar surface area (TPSA) is 84.5 Å². The van der Waals surface area contributed by atoms with Crippen molar-refractivity contribution in [1.82, 2.24) is 5.32 Å².